The molecule has 0 fully saturated rings. The fourth-order valence-electron chi connectivity index (χ4n) is 1.33. The van der Waals surface area contributed by atoms with Gasteiger partial charge in [0.2, 0.25) is 0 Å². The van der Waals surface area contributed by atoms with Crippen LogP contribution in [0.1, 0.15) is 30.2 Å². The van der Waals surface area contributed by atoms with Crippen molar-refractivity contribution in [3.05, 3.63) is 21.9 Å². The predicted molar refractivity (Wildman–Crippen MR) is 55.7 cm³/mol. The Hall–Kier alpha value is -0.340. The van der Waals surface area contributed by atoms with E-state index in [0.717, 1.165) is 13.0 Å². The van der Waals surface area contributed by atoms with E-state index >= 15 is 0 Å². The third kappa shape index (κ3) is 2.61. The molecule has 2 N–H and O–H groups in total. The molecule has 0 aliphatic rings. The van der Waals surface area contributed by atoms with Crippen molar-refractivity contribution in [2.45, 2.75) is 32.6 Å². The normalized spacial score (nSPS) is 10.5. The van der Waals surface area contributed by atoms with Crippen LogP contribution < -0.4 is 5.73 Å². The molecule has 0 amide bonds. The summed E-state index contributed by atoms with van der Waals surface area (Å²) in [6, 6.07) is 2.24. The third-order valence-electron chi connectivity index (χ3n) is 2.08. The van der Waals surface area contributed by atoms with Gasteiger partial charge in [0, 0.05) is 4.88 Å². The van der Waals surface area contributed by atoms with Gasteiger partial charge in [0.1, 0.15) is 0 Å². The molecule has 0 aliphatic heterocycles. The molecule has 68 valence electrons. The number of thiophene rings is 1. The van der Waals surface area contributed by atoms with Gasteiger partial charge in [0.15, 0.2) is 0 Å². The second-order valence-corrected chi connectivity index (χ2v) is 3.97. The molecular weight excluding hydrogens is 166 g/mol. The van der Waals surface area contributed by atoms with Crippen LogP contribution in [-0.2, 0) is 12.8 Å². The summed E-state index contributed by atoms with van der Waals surface area (Å²) in [7, 11) is 0. The maximum Gasteiger partial charge on any atom is 0.00771 e. The molecule has 0 unspecified atom stereocenters. The number of hydrogen-bond donors (Lipinski definition) is 1. The van der Waals surface area contributed by atoms with E-state index in [1.54, 1.807) is 4.88 Å². The van der Waals surface area contributed by atoms with Crippen LogP contribution in [0.15, 0.2) is 11.4 Å². The number of hydrogen-bond acceptors (Lipinski definition) is 2. The Morgan fingerprint density at radius 1 is 1.42 bits per heavy atom. The fourth-order valence-corrected chi connectivity index (χ4v) is 2.35. The predicted octanol–water partition coefficient (Wildman–Crippen LogP) is 2.59. The maximum absolute atomic E-state index is 5.44. The average Bonchev–Trinajstić information content (AvgIpc) is 2.52. The summed E-state index contributed by atoms with van der Waals surface area (Å²) >= 11 is 1.88. The summed E-state index contributed by atoms with van der Waals surface area (Å²) in [5.41, 5.74) is 6.97. The van der Waals surface area contributed by atoms with Crippen molar-refractivity contribution in [3.8, 4) is 0 Å². The zero-order valence-electron chi connectivity index (χ0n) is 7.68. The lowest BCUT2D eigenvalue weighted by atomic mass is 10.1. The average molecular weight is 183 g/mol. The molecular formula is C10H17NS. The first-order chi connectivity index (χ1) is 5.88. The van der Waals surface area contributed by atoms with E-state index in [9.17, 15) is 0 Å². The highest BCUT2D eigenvalue weighted by Gasteiger charge is 2.00. The van der Waals surface area contributed by atoms with Crippen molar-refractivity contribution >= 4 is 11.3 Å². The van der Waals surface area contributed by atoms with Gasteiger partial charge in [-0.2, -0.15) is 0 Å². The molecule has 1 nitrogen and oxygen atoms in total. The molecule has 1 aromatic rings. The monoisotopic (exact) mass is 183 g/mol. The van der Waals surface area contributed by atoms with Crippen LogP contribution in [0, 0.1) is 0 Å². The van der Waals surface area contributed by atoms with Crippen molar-refractivity contribution in [2.75, 3.05) is 6.54 Å². The molecule has 0 spiro atoms. The molecule has 0 saturated carbocycles. The number of rotatable bonds is 5. The Bertz CT molecular complexity index is 217. The standard InChI is InChI=1S/C10H17NS/c1-2-9-6-8-12-10(9)5-3-4-7-11/h6,8H,2-5,7,11H2,1H3. The topological polar surface area (TPSA) is 26.0 Å². The van der Waals surface area contributed by atoms with Gasteiger partial charge in [-0.15, -0.1) is 11.3 Å². The number of nitrogens with two attached hydrogens (primary N) is 1. The number of unbranched alkanes of at least 4 members (excludes halogenated alkanes) is 1. The van der Waals surface area contributed by atoms with Gasteiger partial charge in [-0.3, -0.25) is 0 Å². The highest BCUT2D eigenvalue weighted by atomic mass is 32.1. The summed E-state index contributed by atoms with van der Waals surface area (Å²) in [5.74, 6) is 0. The number of aryl methyl sites for hydroxylation is 2. The first-order valence-electron chi connectivity index (χ1n) is 4.63. The summed E-state index contributed by atoms with van der Waals surface area (Å²) in [5, 5.41) is 2.19. The van der Waals surface area contributed by atoms with Gasteiger partial charge in [-0.25, -0.2) is 0 Å². The second-order valence-electron chi connectivity index (χ2n) is 2.97. The van der Waals surface area contributed by atoms with Crippen LogP contribution in [0.25, 0.3) is 0 Å². The van der Waals surface area contributed by atoms with Crippen LogP contribution in [-0.4, -0.2) is 6.54 Å². The smallest absolute Gasteiger partial charge is 0.00771 e. The van der Waals surface area contributed by atoms with E-state index in [0.29, 0.717) is 0 Å². The zero-order chi connectivity index (χ0) is 8.81. The van der Waals surface area contributed by atoms with Gasteiger partial charge in [-0.05, 0) is 49.2 Å². The maximum atomic E-state index is 5.44. The van der Waals surface area contributed by atoms with Crippen molar-refractivity contribution < 1.29 is 0 Å². The van der Waals surface area contributed by atoms with Crippen molar-refractivity contribution in [1.29, 1.82) is 0 Å². The summed E-state index contributed by atoms with van der Waals surface area (Å²) in [4.78, 5) is 1.56. The van der Waals surface area contributed by atoms with Crippen molar-refractivity contribution in [3.63, 3.8) is 0 Å². The van der Waals surface area contributed by atoms with E-state index in [4.69, 9.17) is 5.73 Å². The minimum atomic E-state index is 0.826. The van der Waals surface area contributed by atoms with Crippen LogP contribution in [0.3, 0.4) is 0 Å². The van der Waals surface area contributed by atoms with E-state index in [-0.39, 0.29) is 0 Å². The highest BCUT2D eigenvalue weighted by molar-refractivity contribution is 7.10. The molecule has 0 aliphatic carbocycles. The summed E-state index contributed by atoms with van der Waals surface area (Å²) in [6.07, 6.45) is 4.78. The largest absolute Gasteiger partial charge is 0.330 e. The first-order valence-corrected chi connectivity index (χ1v) is 5.51. The van der Waals surface area contributed by atoms with Gasteiger partial charge in [0.25, 0.3) is 0 Å². The van der Waals surface area contributed by atoms with Crippen molar-refractivity contribution in [2.24, 2.45) is 5.73 Å². The van der Waals surface area contributed by atoms with Crippen LogP contribution in [0.4, 0.5) is 0 Å². The van der Waals surface area contributed by atoms with Gasteiger partial charge < -0.3 is 5.73 Å². The van der Waals surface area contributed by atoms with E-state index in [2.05, 4.69) is 18.4 Å². The molecule has 0 atom stereocenters. The molecule has 12 heavy (non-hydrogen) atoms. The van der Waals surface area contributed by atoms with Crippen LogP contribution >= 0.6 is 11.3 Å². The molecule has 0 radical (unpaired) electrons. The Morgan fingerprint density at radius 2 is 2.25 bits per heavy atom. The van der Waals surface area contributed by atoms with Crippen LogP contribution in [0.2, 0.25) is 0 Å². The van der Waals surface area contributed by atoms with E-state index < -0.39 is 0 Å². The van der Waals surface area contributed by atoms with Gasteiger partial charge >= 0.3 is 0 Å². The SMILES string of the molecule is CCc1ccsc1CCCCN. The van der Waals surface area contributed by atoms with Crippen molar-refractivity contribution in [1.82, 2.24) is 0 Å². The van der Waals surface area contributed by atoms with Gasteiger partial charge in [-0.1, -0.05) is 6.92 Å². The third-order valence-corrected chi connectivity index (χ3v) is 3.10. The molecule has 1 rings (SSSR count). The Morgan fingerprint density at radius 3 is 2.92 bits per heavy atom. The minimum absolute atomic E-state index is 0.826. The first kappa shape index (κ1) is 9.75. The summed E-state index contributed by atoms with van der Waals surface area (Å²) in [6.45, 7) is 3.04. The highest BCUT2D eigenvalue weighted by Crippen LogP contribution is 2.19. The van der Waals surface area contributed by atoms with E-state index in [1.165, 1.54) is 24.8 Å². The van der Waals surface area contributed by atoms with E-state index in [1.807, 2.05) is 11.3 Å². The second kappa shape index (κ2) is 5.33. The lowest BCUT2D eigenvalue weighted by Gasteiger charge is -1.99. The summed E-state index contributed by atoms with van der Waals surface area (Å²) < 4.78 is 0. The fraction of sp³-hybridized carbons (Fsp3) is 0.600. The Labute approximate surface area is 78.6 Å². The lowest BCUT2D eigenvalue weighted by Crippen LogP contribution is -1.99. The lowest BCUT2D eigenvalue weighted by molar-refractivity contribution is 0.747. The Kier molecular flexibility index (Phi) is 4.33. The molecule has 0 bridgehead atoms. The molecule has 1 heterocycles. The molecule has 0 aromatic carbocycles. The van der Waals surface area contributed by atoms with Crippen LogP contribution in [0.5, 0.6) is 0 Å². The minimum Gasteiger partial charge on any atom is -0.330 e. The van der Waals surface area contributed by atoms with Gasteiger partial charge in [0.05, 0.1) is 0 Å². The molecule has 2 heteroatoms. The quantitative estimate of drug-likeness (QED) is 0.698. The Balaban J connectivity index is 2.39. The molecule has 1 aromatic heterocycles. The zero-order valence-corrected chi connectivity index (χ0v) is 8.49. The molecule has 0 saturated heterocycles.